The Kier molecular flexibility index (Phi) is 5.13. The van der Waals surface area contributed by atoms with Crippen LogP contribution in [0.15, 0.2) is 41.6 Å². The summed E-state index contributed by atoms with van der Waals surface area (Å²) >= 11 is 0. The second-order valence-corrected chi connectivity index (χ2v) is 7.33. The topological polar surface area (TPSA) is 136 Å². The van der Waals surface area contributed by atoms with Crippen molar-refractivity contribution in [2.75, 3.05) is 19.0 Å². The lowest BCUT2D eigenvalue weighted by Crippen LogP contribution is -2.15. The number of anilines is 1. The first-order chi connectivity index (χ1) is 16.1. The number of imidazole rings is 1. The van der Waals surface area contributed by atoms with E-state index < -0.39 is 0 Å². The van der Waals surface area contributed by atoms with Gasteiger partial charge < -0.3 is 24.8 Å². The van der Waals surface area contributed by atoms with Crippen LogP contribution in [-0.2, 0) is 13.6 Å². The summed E-state index contributed by atoms with van der Waals surface area (Å²) in [4.78, 5) is 32.5. The first kappa shape index (κ1) is 20.5. The van der Waals surface area contributed by atoms with E-state index in [1.165, 1.54) is 0 Å². The van der Waals surface area contributed by atoms with Crippen molar-refractivity contribution in [1.29, 1.82) is 0 Å². The SMILES string of the molecule is CCOc1cc2[nH]c(-c3c(NCc4ncccn4)c4nn(C)cc4[nH]c3=O)nc2cc1OC. The predicted octanol–water partition coefficient (Wildman–Crippen LogP) is 2.61. The average molecular weight is 446 g/mol. The molecule has 0 radical (unpaired) electrons. The number of rotatable bonds is 7. The van der Waals surface area contributed by atoms with Gasteiger partial charge in [0.05, 0.1) is 42.5 Å². The van der Waals surface area contributed by atoms with Gasteiger partial charge in [-0.2, -0.15) is 5.10 Å². The molecule has 0 spiro atoms. The zero-order chi connectivity index (χ0) is 22.9. The molecule has 11 nitrogen and oxygen atoms in total. The molecular formula is C22H22N8O3. The predicted molar refractivity (Wildman–Crippen MR) is 124 cm³/mol. The summed E-state index contributed by atoms with van der Waals surface area (Å²) in [5.74, 6) is 2.14. The minimum Gasteiger partial charge on any atom is -0.493 e. The highest BCUT2D eigenvalue weighted by Gasteiger charge is 2.21. The Morgan fingerprint density at radius 1 is 1.12 bits per heavy atom. The molecule has 0 bridgehead atoms. The van der Waals surface area contributed by atoms with E-state index in [-0.39, 0.29) is 5.56 Å². The maximum absolute atomic E-state index is 13.2. The van der Waals surface area contributed by atoms with Crippen LogP contribution in [-0.4, -0.2) is 48.4 Å². The van der Waals surface area contributed by atoms with Crippen LogP contribution in [0.5, 0.6) is 11.5 Å². The van der Waals surface area contributed by atoms with Gasteiger partial charge in [0.15, 0.2) is 11.5 Å². The lowest BCUT2D eigenvalue weighted by molar-refractivity contribution is 0.311. The molecular weight excluding hydrogens is 424 g/mol. The number of hydrogen-bond donors (Lipinski definition) is 3. The molecule has 4 aromatic heterocycles. The fourth-order valence-electron chi connectivity index (χ4n) is 3.73. The smallest absolute Gasteiger partial charge is 0.261 e. The van der Waals surface area contributed by atoms with Gasteiger partial charge in [-0.15, -0.1) is 0 Å². The van der Waals surface area contributed by atoms with Gasteiger partial charge in [0.2, 0.25) is 0 Å². The first-order valence-electron chi connectivity index (χ1n) is 10.4. The number of aryl methyl sites for hydroxylation is 1. The quantitative estimate of drug-likeness (QED) is 0.347. The van der Waals surface area contributed by atoms with Crippen LogP contribution in [0.25, 0.3) is 33.5 Å². The van der Waals surface area contributed by atoms with E-state index in [0.717, 1.165) is 0 Å². The molecule has 0 atom stereocenters. The zero-order valence-corrected chi connectivity index (χ0v) is 18.3. The Labute approximate surface area is 187 Å². The number of hydrogen-bond acceptors (Lipinski definition) is 8. The van der Waals surface area contributed by atoms with Crippen LogP contribution >= 0.6 is 0 Å². The second-order valence-electron chi connectivity index (χ2n) is 7.33. The van der Waals surface area contributed by atoms with Crippen LogP contribution in [0.1, 0.15) is 12.7 Å². The van der Waals surface area contributed by atoms with Gasteiger partial charge in [0.25, 0.3) is 5.56 Å². The van der Waals surface area contributed by atoms with Crippen LogP contribution in [0, 0.1) is 0 Å². The van der Waals surface area contributed by atoms with Crippen molar-refractivity contribution in [1.82, 2.24) is 34.7 Å². The molecule has 0 aliphatic rings. The summed E-state index contributed by atoms with van der Waals surface area (Å²) in [5, 5.41) is 7.83. The fraction of sp³-hybridized carbons (Fsp3) is 0.227. The van der Waals surface area contributed by atoms with Crippen LogP contribution in [0.3, 0.4) is 0 Å². The number of nitrogens with one attached hydrogen (secondary N) is 3. The van der Waals surface area contributed by atoms with Gasteiger partial charge in [0.1, 0.15) is 22.7 Å². The van der Waals surface area contributed by atoms with Crippen molar-refractivity contribution < 1.29 is 9.47 Å². The number of aromatic nitrogens is 7. The normalized spacial score (nSPS) is 11.2. The highest BCUT2D eigenvalue weighted by molar-refractivity contribution is 5.96. The Bertz CT molecular complexity index is 1500. The molecule has 0 aliphatic heterocycles. The van der Waals surface area contributed by atoms with Gasteiger partial charge in [-0.25, -0.2) is 15.0 Å². The minimum atomic E-state index is -0.303. The minimum absolute atomic E-state index is 0.303. The van der Waals surface area contributed by atoms with Gasteiger partial charge in [-0.1, -0.05) is 0 Å². The number of H-pyrrole nitrogens is 2. The Balaban J connectivity index is 1.67. The third-order valence-electron chi connectivity index (χ3n) is 5.14. The van der Waals surface area contributed by atoms with Gasteiger partial charge in [-0.05, 0) is 13.0 Å². The van der Waals surface area contributed by atoms with Crippen molar-refractivity contribution in [3.63, 3.8) is 0 Å². The van der Waals surface area contributed by atoms with Crippen molar-refractivity contribution >= 4 is 27.8 Å². The van der Waals surface area contributed by atoms with Gasteiger partial charge in [0, 0.05) is 37.8 Å². The van der Waals surface area contributed by atoms with Gasteiger partial charge >= 0.3 is 0 Å². The summed E-state index contributed by atoms with van der Waals surface area (Å²) in [6.45, 7) is 2.71. The molecule has 0 fully saturated rings. The molecule has 4 heterocycles. The Hall–Kier alpha value is -4.41. The van der Waals surface area contributed by atoms with E-state index in [9.17, 15) is 4.79 Å². The Morgan fingerprint density at radius 2 is 1.94 bits per heavy atom. The fourth-order valence-corrected chi connectivity index (χ4v) is 3.73. The number of aromatic amines is 2. The molecule has 0 amide bonds. The van der Waals surface area contributed by atoms with Crippen molar-refractivity contribution in [3.8, 4) is 22.9 Å². The van der Waals surface area contributed by atoms with E-state index in [4.69, 9.17) is 9.47 Å². The average Bonchev–Trinajstić information content (AvgIpc) is 3.39. The summed E-state index contributed by atoms with van der Waals surface area (Å²) < 4.78 is 12.7. The van der Waals surface area contributed by atoms with E-state index in [1.54, 1.807) is 49.6 Å². The van der Waals surface area contributed by atoms with Crippen LogP contribution in [0.4, 0.5) is 5.69 Å². The van der Waals surface area contributed by atoms with E-state index in [2.05, 4.69) is 35.3 Å². The lowest BCUT2D eigenvalue weighted by Gasteiger charge is -2.10. The van der Waals surface area contributed by atoms with Crippen molar-refractivity contribution in [2.45, 2.75) is 13.5 Å². The number of pyridine rings is 1. The molecule has 3 N–H and O–H groups in total. The summed E-state index contributed by atoms with van der Waals surface area (Å²) in [7, 11) is 3.37. The number of nitrogens with zero attached hydrogens (tertiary/aromatic N) is 5. The first-order valence-corrected chi connectivity index (χ1v) is 10.4. The molecule has 168 valence electrons. The standard InChI is InChI=1S/C22H22N8O3/c1-4-33-16-9-13-12(8-15(16)32-3)26-21(27-13)18-20(25-10-17-23-6-5-7-24-17)19-14(28-22(18)31)11-30(2)29-19/h5-9,11,25H,4,10H2,1-3H3,(H,26,27)(H,28,31). The highest BCUT2D eigenvalue weighted by atomic mass is 16.5. The summed E-state index contributed by atoms with van der Waals surface area (Å²) in [6.07, 6.45) is 5.09. The molecule has 0 saturated carbocycles. The van der Waals surface area contributed by atoms with E-state index in [1.807, 2.05) is 13.0 Å². The van der Waals surface area contributed by atoms with Gasteiger partial charge in [-0.3, -0.25) is 9.48 Å². The molecule has 5 rings (SSSR count). The van der Waals surface area contributed by atoms with Crippen molar-refractivity contribution in [3.05, 3.63) is 53.0 Å². The molecule has 33 heavy (non-hydrogen) atoms. The molecule has 0 saturated heterocycles. The zero-order valence-electron chi connectivity index (χ0n) is 18.3. The second kappa shape index (κ2) is 8.26. The number of fused-ring (bicyclic) bond motifs is 2. The van der Waals surface area contributed by atoms with E-state index >= 15 is 0 Å². The van der Waals surface area contributed by atoms with Crippen LogP contribution in [0.2, 0.25) is 0 Å². The van der Waals surface area contributed by atoms with Crippen LogP contribution < -0.4 is 20.3 Å². The molecule has 0 unspecified atom stereocenters. The van der Waals surface area contributed by atoms with E-state index in [0.29, 0.717) is 69.6 Å². The molecule has 5 aromatic rings. The number of benzene rings is 1. The third kappa shape index (κ3) is 3.73. The summed E-state index contributed by atoms with van der Waals surface area (Å²) in [6, 6.07) is 5.34. The molecule has 1 aromatic carbocycles. The maximum Gasteiger partial charge on any atom is 0.261 e. The summed E-state index contributed by atoms with van der Waals surface area (Å²) in [5.41, 5.74) is 3.15. The third-order valence-corrected chi connectivity index (χ3v) is 5.14. The highest BCUT2D eigenvalue weighted by Crippen LogP contribution is 2.34. The largest absolute Gasteiger partial charge is 0.493 e. The molecule has 11 heteroatoms. The maximum atomic E-state index is 13.2. The molecule has 0 aliphatic carbocycles. The monoisotopic (exact) mass is 446 g/mol. The Morgan fingerprint density at radius 3 is 2.70 bits per heavy atom. The van der Waals surface area contributed by atoms with Crippen molar-refractivity contribution in [2.24, 2.45) is 7.05 Å². The number of methoxy groups -OCH3 is 1. The number of ether oxygens (including phenoxy) is 2. The lowest BCUT2D eigenvalue weighted by atomic mass is 10.2.